The van der Waals surface area contributed by atoms with Crippen LogP contribution >= 0.6 is 0 Å². The first-order valence-electron chi connectivity index (χ1n) is 9.83. The second-order valence-electron chi connectivity index (χ2n) is 7.46. The highest BCUT2D eigenvalue weighted by atomic mass is 32.2. The number of carbonyl (C=O) groups is 1. The molecule has 1 aliphatic heterocycles. The van der Waals surface area contributed by atoms with E-state index in [2.05, 4.69) is 5.32 Å². The average Bonchev–Trinajstić information content (AvgIpc) is 2.70. The second kappa shape index (κ2) is 9.34. The Morgan fingerprint density at radius 1 is 1.11 bits per heavy atom. The van der Waals surface area contributed by atoms with Crippen LogP contribution in [-0.4, -0.2) is 37.5 Å². The Hall–Kier alpha value is -2.18. The summed E-state index contributed by atoms with van der Waals surface area (Å²) in [6.07, 6.45) is 2.76. The van der Waals surface area contributed by atoms with E-state index in [0.717, 1.165) is 23.2 Å². The largest absolute Gasteiger partial charge is 0.326 e. The maximum atomic E-state index is 12.7. The van der Waals surface area contributed by atoms with Crippen molar-refractivity contribution in [2.75, 3.05) is 24.2 Å². The summed E-state index contributed by atoms with van der Waals surface area (Å²) in [6.45, 7) is 2.76. The van der Waals surface area contributed by atoms with Crippen molar-refractivity contribution in [1.29, 1.82) is 0 Å². The zero-order chi connectivity index (χ0) is 20.0. The molecule has 2 aromatic carbocycles. The SMILES string of the molecule is Cc1ccc(NC(=O)[C@H]2CCCN(S(=O)(=O)CCCc3ccccc3)C2)cc1. The molecule has 2 aromatic rings. The van der Waals surface area contributed by atoms with E-state index >= 15 is 0 Å². The Morgan fingerprint density at radius 2 is 1.82 bits per heavy atom. The van der Waals surface area contributed by atoms with Crippen molar-refractivity contribution in [3.8, 4) is 0 Å². The van der Waals surface area contributed by atoms with Gasteiger partial charge in [0.1, 0.15) is 0 Å². The average molecular weight is 401 g/mol. The van der Waals surface area contributed by atoms with E-state index in [1.165, 1.54) is 4.31 Å². The zero-order valence-corrected chi connectivity index (χ0v) is 17.1. The van der Waals surface area contributed by atoms with Crippen LogP contribution in [0.1, 0.15) is 30.4 Å². The van der Waals surface area contributed by atoms with Gasteiger partial charge in [-0.25, -0.2) is 12.7 Å². The van der Waals surface area contributed by atoms with Gasteiger partial charge in [0.15, 0.2) is 0 Å². The Morgan fingerprint density at radius 3 is 2.54 bits per heavy atom. The fourth-order valence-electron chi connectivity index (χ4n) is 3.52. The summed E-state index contributed by atoms with van der Waals surface area (Å²) in [5, 5.41) is 2.92. The van der Waals surface area contributed by atoms with Crippen LogP contribution in [0.3, 0.4) is 0 Å². The first kappa shape index (κ1) is 20.6. The summed E-state index contributed by atoms with van der Waals surface area (Å²) in [5.41, 5.74) is 3.02. The number of benzene rings is 2. The molecule has 1 saturated heterocycles. The van der Waals surface area contributed by atoms with Crippen LogP contribution < -0.4 is 5.32 Å². The molecule has 28 heavy (non-hydrogen) atoms. The van der Waals surface area contributed by atoms with Crippen molar-refractivity contribution in [2.45, 2.75) is 32.6 Å². The van der Waals surface area contributed by atoms with E-state index in [9.17, 15) is 13.2 Å². The minimum absolute atomic E-state index is 0.104. The molecule has 1 fully saturated rings. The Labute approximate surface area is 167 Å². The summed E-state index contributed by atoms with van der Waals surface area (Å²) < 4.78 is 27.0. The van der Waals surface area contributed by atoms with E-state index < -0.39 is 10.0 Å². The van der Waals surface area contributed by atoms with Gasteiger partial charge in [-0.3, -0.25) is 4.79 Å². The summed E-state index contributed by atoms with van der Waals surface area (Å²) in [6, 6.07) is 17.5. The first-order chi connectivity index (χ1) is 13.4. The van der Waals surface area contributed by atoms with Crippen LogP contribution in [-0.2, 0) is 21.2 Å². The lowest BCUT2D eigenvalue weighted by Crippen LogP contribution is -2.44. The van der Waals surface area contributed by atoms with Crippen molar-refractivity contribution < 1.29 is 13.2 Å². The highest BCUT2D eigenvalue weighted by Gasteiger charge is 2.32. The van der Waals surface area contributed by atoms with Gasteiger partial charge in [0.2, 0.25) is 15.9 Å². The lowest BCUT2D eigenvalue weighted by atomic mass is 9.98. The predicted molar refractivity (Wildman–Crippen MR) is 113 cm³/mol. The normalized spacial score (nSPS) is 18.0. The molecule has 1 heterocycles. The van der Waals surface area contributed by atoms with E-state index in [0.29, 0.717) is 25.8 Å². The molecule has 1 aliphatic rings. The molecule has 3 rings (SSSR count). The van der Waals surface area contributed by atoms with Gasteiger partial charge in [-0.15, -0.1) is 0 Å². The van der Waals surface area contributed by atoms with Crippen LogP contribution in [0.2, 0.25) is 0 Å². The number of amides is 1. The number of rotatable bonds is 7. The summed E-state index contributed by atoms with van der Waals surface area (Å²) >= 11 is 0. The molecule has 1 atom stereocenters. The molecule has 0 unspecified atom stereocenters. The van der Waals surface area contributed by atoms with Crippen LogP contribution in [0.15, 0.2) is 54.6 Å². The molecular formula is C22H28N2O3S. The Balaban J connectivity index is 1.53. The molecule has 1 N–H and O–H groups in total. The number of aryl methyl sites for hydroxylation is 2. The molecule has 6 heteroatoms. The smallest absolute Gasteiger partial charge is 0.228 e. The Bertz CT molecular complexity index is 880. The van der Waals surface area contributed by atoms with E-state index in [1.807, 2.05) is 61.5 Å². The van der Waals surface area contributed by atoms with E-state index in [-0.39, 0.29) is 24.1 Å². The Kier molecular flexibility index (Phi) is 6.86. The zero-order valence-electron chi connectivity index (χ0n) is 16.3. The molecule has 0 aromatic heterocycles. The van der Waals surface area contributed by atoms with Gasteiger partial charge in [0.25, 0.3) is 0 Å². The number of carbonyl (C=O) groups excluding carboxylic acids is 1. The number of piperidine rings is 1. The third kappa shape index (κ3) is 5.66. The molecular weight excluding hydrogens is 372 g/mol. The molecule has 0 aliphatic carbocycles. The molecule has 0 spiro atoms. The van der Waals surface area contributed by atoms with Crippen LogP contribution in [0.25, 0.3) is 0 Å². The lowest BCUT2D eigenvalue weighted by Gasteiger charge is -2.31. The number of sulfonamides is 1. The molecule has 1 amide bonds. The van der Waals surface area contributed by atoms with Gasteiger partial charge >= 0.3 is 0 Å². The van der Waals surface area contributed by atoms with Gasteiger partial charge in [0.05, 0.1) is 11.7 Å². The molecule has 0 saturated carbocycles. The van der Waals surface area contributed by atoms with Gasteiger partial charge < -0.3 is 5.32 Å². The molecule has 5 nitrogen and oxygen atoms in total. The molecule has 150 valence electrons. The summed E-state index contributed by atoms with van der Waals surface area (Å²) in [7, 11) is -3.35. The maximum absolute atomic E-state index is 12.7. The van der Waals surface area contributed by atoms with Crippen LogP contribution in [0.4, 0.5) is 5.69 Å². The van der Waals surface area contributed by atoms with Gasteiger partial charge in [-0.2, -0.15) is 0 Å². The highest BCUT2D eigenvalue weighted by Crippen LogP contribution is 2.22. The van der Waals surface area contributed by atoms with Crippen molar-refractivity contribution >= 4 is 21.6 Å². The van der Waals surface area contributed by atoms with Crippen LogP contribution in [0.5, 0.6) is 0 Å². The summed E-state index contributed by atoms with van der Waals surface area (Å²) in [5.74, 6) is -0.291. The van der Waals surface area contributed by atoms with E-state index in [4.69, 9.17) is 0 Å². The van der Waals surface area contributed by atoms with E-state index in [1.54, 1.807) is 0 Å². The van der Waals surface area contributed by atoms with Gasteiger partial charge in [-0.05, 0) is 50.3 Å². The fraction of sp³-hybridized carbons (Fsp3) is 0.409. The van der Waals surface area contributed by atoms with Crippen molar-refractivity contribution in [3.63, 3.8) is 0 Å². The third-order valence-corrected chi connectivity index (χ3v) is 7.10. The minimum Gasteiger partial charge on any atom is -0.326 e. The number of hydrogen-bond acceptors (Lipinski definition) is 3. The van der Waals surface area contributed by atoms with Gasteiger partial charge in [-0.1, -0.05) is 48.0 Å². The number of anilines is 1. The second-order valence-corrected chi connectivity index (χ2v) is 9.55. The monoisotopic (exact) mass is 400 g/mol. The summed E-state index contributed by atoms with van der Waals surface area (Å²) in [4.78, 5) is 12.6. The molecule has 0 radical (unpaired) electrons. The highest BCUT2D eigenvalue weighted by molar-refractivity contribution is 7.89. The van der Waals surface area contributed by atoms with Gasteiger partial charge in [0, 0.05) is 18.8 Å². The molecule has 0 bridgehead atoms. The van der Waals surface area contributed by atoms with Crippen LogP contribution in [0, 0.1) is 12.8 Å². The number of nitrogens with zero attached hydrogens (tertiary/aromatic N) is 1. The minimum atomic E-state index is -3.35. The quantitative estimate of drug-likeness (QED) is 0.772. The number of nitrogens with one attached hydrogen (secondary N) is 1. The first-order valence-corrected chi connectivity index (χ1v) is 11.4. The third-order valence-electron chi connectivity index (χ3n) is 5.18. The lowest BCUT2D eigenvalue weighted by molar-refractivity contribution is -0.120. The fourth-order valence-corrected chi connectivity index (χ4v) is 5.10. The van der Waals surface area contributed by atoms with Crippen molar-refractivity contribution in [1.82, 2.24) is 4.31 Å². The maximum Gasteiger partial charge on any atom is 0.228 e. The topological polar surface area (TPSA) is 66.5 Å². The number of hydrogen-bond donors (Lipinski definition) is 1. The standard InChI is InChI=1S/C22H28N2O3S/c1-18-11-13-21(14-12-18)23-22(25)20-10-5-15-24(17-20)28(26,27)16-6-9-19-7-3-2-4-8-19/h2-4,7-8,11-14,20H,5-6,9-10,15-17H2,1H3,(H,23,25)/t20-/m0/s1. The van der Waals surface area contributed by atoms with Crippen molar-refractivity contribution in [2.24, 2.45) is 5.92 Å². The van der Waals surface area contributed by atoms with Crippen molar-refractivity contribution in [3.05, 3.63) is 65.7 Å². The predicted octanol–water partition coefficient (Wildman–Crippen LogP) is 3.61.